The topological polar surface area (TPSA) is 53.6 Å². The highest BCUT2D eigenvalue weighted by atomic mass is 19.1. The lowest BCUT2D eigenvalue weighted by Crippen LogP contribution is -2.52. The largest absolute Gasteiger partial charge is 0.379 e. The summed E-state index contributed by atoms with van der Waals surface area (Å²) < 4.78 is 18.2. The molecule has 0 spiro atoms. The van der Waals surface area contributed by atoms with Gasteiger partial charge in [-0.3, -0.25) is 4.90 Å². The minimum Gasteiger partial charge on any atom is -0.379 e. The average molecular weight is 323 g/mol. The molecule has 23 heavy (non-hydrogen) atoms. The Labute approximate surface area is 137 Å². The summed E-state index contributed by atoms with van der Waals surface area (Å²) in [6.07, 6.45) is 0. The molecule has 1 aromatic carbocycles. The molecule has 2 N–H and O–H groups in total. The molecular weight excluding hydrogens is 297 g/mol. The van der Waals surface area contributed by atoms with E-state index < -0.39 is 0 Å². The number of halogens is 1. The number of hydrogen-bond acceptors (Lipinski definition) is 3. The van der Waals surface area contributed by atoms with Crippen molar-refractivity contribution in [2.24, 2.45) is 5.92 Å². The minimum absolute atomic E-state index is 0.201. The Balaban J connectivity index is 1.75. The third kappa shape index (κ3) is 5.80. The van der Waals surface area contributed by atoms with Crippen LogP contribution in [-0.4, -0.2) is 49.8 Å². The molecule has 0 radical (unpaired) electrons. The maximum absolute atomic E-state index is 12.8. The van der Waals surface area contributed by atoms with Gasteiger partial charge in [0.2, 0.25) is 0 Å². The predicted octanol–water partition coefficient (Wildman–Crippen LogP) is 1.98. The van der Waals surface area contributed by atoms with Crippen LogP contribution in [0, 0.1) is 11.7 Å². The van der Waals surface area contributed by atoms with Crippen molar-refractivity contribution in [3.63, 3.8) is 0 Å². The van der Waals surface area contributed by atoms with E-state index in [9.17, 15) is 9.18 Å². The molecule has 1 saturated heterocycles. The third-order valence-corrected chi connectivity index (χ3v) is 4.12. The highest BCUT2D eigenvalue weighted by Crippen LogP contribution is 2.12. The molecule has 0 aromatic heterocycles. The molecule has 0 saturated carbocycles. The van der Waals surface area contributed by atoms with Gasteiger partial charge in [0.1, 0.15) is 5.82 Å². The van der Waals surface area contributed by atoms with Crippen LogP contribution in [0.15, 0.2) is 24.3 Å². The van der Waals surface area contributed by atoms with Gasteiger partial charge in [0, 0.05) is 32.2 Å². The number of carbonyl (C=O) groups excluding carboxylic acids is 1. The fourth-order valence-corrected chi connectivity index (χ4v) is 2.74. The lowest BCUT2D eigenvalue weighted by atomic mass is 10.0. The zero-order chi connectivity index (χ0) is 16.7. The summed E-state index contributed by atoms with van der Waals surface area (Å²) in [6.45, 7) is 8.63. The Morgan fingerprint density at radius 1 is 1.22 bits per heavy atom. The monoisotopic (exact) mass is 323 g/mol. The summed E-state index contributed by atoms with van der Waals surface area (Å²) in [4.78, 5) is 14.3. The SMILES string of the molecule is CC(C)C(CNC(=O)NCc1ccc(F)cc1)N1CCOCC1. The maximum Gasteiger partial charge on any atom is 0.315 e. The van der Waals surface area contributed by atoms with E-state index in [0.717, 1.165) is 31.9 Å². The van der Waals surface area contributed by atoms with Crippen LogP contribution in [0.2, 0.25) is 0 Å². The molecule has 5 nitrogen and oxygen atoms in total. The number of morpholine rings is 1. The van der Waals surface area contributed by atoms with Crippen molar-refractivity contribution in [1.82, 2.24) is 15.5 Å². The van der Waals surface area contributed by atoms with Gasteiger partial charge in [-0.2, -0.15) is 0 Å². The molecule has 1 heterocycles. The van der Waals surface area contributed by atoms with E-state index in [1.807, 2.05) is 0 Å². The fraction of sp³-hybridized carbons (Fsp3) is 0.588. The molecule has 1 aliphatic heterocycles. The molecule has 6 heteroatoms. The fourth-order valence-electron chi connectivity index (χ4n) is 2.74. The number of urea groups is 1. The van der Waals surface area contributed by atoms with Gasteiger partial charge in [-0.25, -0.2) is 9.18 Å². The highest BCUT2D eigenvalue weighted by Gasteiger charge is 2.24. The van der Waals surface area contributed by atoms with E-state index in [4.69, 9.17) is 4.74 Å². The third-order valence-electron chi connectivity index (χ3n) is 4.12. The summed E-state index contributed by atoms with van der Waals surface area (Å²) >= 11 is 0. The van der Waals surface area contributed by atoms with Crippen LogP contribution in [0.5, 0.6) is 0 Å². The van der Waals surface area contributed by atoms with Crippen LogP contribution in [0.4, 0.5) is 9.18 Å². The first-order chi connectivity index (χ1) is 11.1. The maximum atomic E-state index is 12.8. The van der Waals surface area contributed by atoms with E-state index >= 15 is 0 Å². The number of benzene rings is 1. The molecule has 0 bridgehead atoms. The number of rotatable bonds is 6. The number of carbonyl (C=O) groups is 1. The molecule has 1 fully saturated rings. The van der Waals surface area contributed by atoms with Gasteiger partial charge in [-0.1, -0.05) is 26.0 Å². The van der Waals surface area contributed by atoms with E-state index in [2.05, 4.69) is 29.4 Å². The number of ether oxygens (including phenoxy) is 1. The minimum atomic E-state index is -0.275. The summed E-state index contributed by atoms with van der Waals surface area (Å²) in [5, 5.41) is 5.74. The number of nitrogens with one attached hydrogen (secondary N) is 2. The molecule has 128 valence electrons. The van der Waals surface area contributed by atoms with Crippen molar-refractivity contribution < 1.29 is 13.9 Å². The van der Waals surface area contributed by atoms with Crippen molar-refractivity contribution in [3.8, 4) is 0 Å². The summed E-state index contributed by atoms with van der Waals surface area (Å²) in [7, 11) is 0. The Kier molecular flexibility index (Phi) is 6.80. The van der Waals surface area contributed by atoms with Crippen LogP contribution in [0.3, 0.4) is 0 Å². The van der Waals surface area contributed by atoms with E-state index in [-0.39, 0.29) is 11.8 Å². The molecule has 1 atom stereocenters. The smallest absolute Gasteiger partial charge is 0.315 e. The molecule has 1 unspecified atom stereocenters. The summed E-state index contributed by atoms with van der Waals surface area (Å²) in [5.41, 5.74) is 0.870. The lowest BCUT2D eigenvalue weighted by molar-refractivity contribution is 0.00719. The molecule has 1 aromatic rings. The van der Waals surface area contributed by atoms with Gasteiger partial charge in [0.15, 0.2) is 0 Å². The lowest BCUT2D eigenvalue weighted by Gasteiger charge is -2.36. The molecule has 1 aliphatic rings. The van der Waals surface area contributed by atoms with Crippen LogP contribution < -0.4 is 10.6 Å². The van der Waals surface area contributed by atoms with Gasteiger partial charge in [-0.15, -0.1) is 0 Å². The van der Waals surface area contributed by atoms with Crippen molar-refractivity contribution in [2.45, 2.75) is 26.4 Å². The number of nitrogens with zero attached hydrogens (tertiary/aromatic N) is 1. The van der Waals surface area contributed by atoms with Crippen LogP contribution >= 0.6 is 0 Å². The van der Waals surface area contributed by atoms with Crippen LogP contribution in [0.1, 0.15) is 19.4 Å². The van der Waals surface area contributed by atoms with Crippen molar-refractivity contribution in [2.75, 3.05) is 32.8 Å². The van der Waals surface area contributed by atoms with Crippen molar-refractivity contribution in [3.05, 3.63) is 35.6 Å². The first kappa shape index (κ1) is 17.7. The predicted molar refractivity (Wildman–Crippen MR) is 87.7 cm³/mol. The Morgan fingerprint density at radius 3 is 2.48 bits per heavy atom. The second-order valence-corrected chi connectivity index (χ2v) is 6.15. The average Bonchev–Trinajstić information content (AvgIpc) is 2.55. The molecule has 2 rings (SSSR count). The first-order valence-electron chi connectivity index (χ1n) is 8.14. The molecular formula is C17H26FN3O2. The quantitative estimate of drug-likeness (QED) is 0.842. The van der Waals surface area contributed by atoms with Gasteiger partial charge < -0.3 is 15.4 Å². The van der Waals surface area contributed by atoms with Gasteiger partial charge >= 0.3 is 6.03 Å². The number of amides is 2. The Bertz CT molecular complexity index is 487. The van der Waals surface area contributed by atoms with Crippen LogP contribution in [0.25, 0.3) is 0 Å². The number of hydrogen-bond donors (Lipinski definition) is 2. The normalized spacial score (nSPS) is 17.0. The van der Waals surface area contributed by atoms with Crippen molar-refractivity contribution >= 4 is 6.03 Å². The molecule has 0 aliphatic carbocycles. The Morgan fingerprint density at radius 2 is 1.87 bits per heavy atom. The Hall–Kier alpha value is -1.66. The van der Waals surface area contributed by atoms with Crippen molar-refractivity contribution in [1.29, 1.82) is 0 Å². The van der Waals surface area contributed by atoms with Gasteiger partial charge in [-0.05, 0) is 23.6 Å². The van der Waals surface area contributed by atoms with E-state index in [0.29, 0.717) is 25.0 Å². The first-order valence-corrected chi connectivity index (χ1v) is 8.14. The van der Waals surface area contributed by atoms with Crippen LogP contribution in [-0.2, 0) is 11.3 Å². The zero-order valence-corrected chi connectivity index (χ0v) is 13.8. The standard InChI is InChI=1S/C17H26FN3O2/c1-13(2)16(21-7-9-23-10-8-21)12-20-17(22)19-11-14-3-5-15(18)6-4-14/h3-6,13,16H,7-12H2,1-2H3,(H2,19,20,22). The van der Waals surface area contributed by atoms with E-state index in [1.54, 1.807) is 12.1 Å². The zero-order valence-electron chi connectivity index (χ0n) is 13.8. The van der Waals surface area contributed by atoms with E-state index in [1.165, 1.54) is 12.1 Å². The highest BCUT2D eigenvalue weighted by molar-refractivity contribution is 5.73. The van der Waals surface area contributed by atoms with Gasteiger partial charge in [0.05, 0.1) is 13.2 Å². The summed E-state index contributed by atoms with van der Waals surface area (Å²) in [5.74, 6) is 0.175. The second kappa shape index (κ2) is 8.84. The second-order valence-electron chi connectivity index (χ2n) is 6.15. The summed E-state index contributed by atoms with van der Waals surface area (Å²) in [6, 6.07) is 6.22. The van der Waals surface area contributed by atoms with Gasteiger partial charge in [0.25, 0.3) is 0 Å². The molecule has 2 amide bonds.